The van der Waals surface area contributed by atoms with Crippen molar-refractivity contribution in [3.05, 3.63) is 53.6 Å². The van der Waals surface area contributed by atoms with Crippen LogP contribution in [0.15, 0.2) is 47.4 Å². The van der Waals surface area contributed by atoms with Gasteiger partial charge in [-0.15, -0.1) is 0 Å². The Bertz CT molecular complexity index is 846. The number of rotatable bonds is 5. The molecule has 0 fully saturated rings. The van der Waals surface area contributed by atoms with Gasteiger partial charge in [0, 0.05) is 11.4 Å². The highest BCUT2D eigenvalue weighted by molar-refractivity contribution is 7.89. The van der Waals surface area contributed by atoms with Crippen molar-refractivity contribution in [2.75, 3.05) is 10.6 Å². The molecule has 0 aliphatic rings. The Morgan fingerprint density at radius 1 is 1.08 bits per heavy atom. The Morgan fingerprint density at radius 2 is 1.71 bits per heavy atom. The van der Waals surface area contributed by atoms with E-state index >= 15 is 0 Å². The van der Waals surface area contributed by atoms with Crippen molar-refractivity contribution in [3.8, 4) is 0 Å². The summed E-state index contributed by atoms with van der Waals surface area (Å²) in [6.07, 6.45) is 0. The molecular weight excluding hydrogens is 326 g/mol. The number of carbonyl (C=O) groups is 1. The molecule has 0 bridgehead atoms. The normalized spacial score (nSPS) is 12.5. The van der Waals surface area contributed by atoms with Crippen LogP contribution < -0.4 is 15.8 Å². The van der Waals surface area contributed by atoms with Crippen LogP contribution in [0.5, 0.6) is 0 Å². The van der Waals surface area contributed by atoms with E-state index in [1.54, 1.807) is 6.92 Å². The molecule has 2 aromatic rings. The van der Waals surface area contributed by atoms with Gasteiger partial charge in [-0.3, -0.25) is 4.79 Å². The van der Waals surface area contributed by atoms with E-state index in [1.807, 2.05) is 32.0 Å². The maximum Gasteiger partial charge on any atom is 0.246 e. The maximum absolute atomic E-state index is 12.3. The minimum atomic E-state index is -3.74. The molecule has 0 saturated carbocycles. The van der Waals surface area contributed by atoms with Crippen molar-refractivity contribution in [3.63, 3.8) is 0 Å². The highest BCUT2D eigenvalue weighted by atomic mass is 32.2. The van der Waals surface area contributed by atoms with Crippen molar-refractivity contribution >= 4 is 27.3 Å². The Labute approximate surface area is 142 Å². The molecule has 2 aromatic carbocycles. The number of sulfonamides is 1. The molecule has 6 nitrogen and oxygen atoms in total. The maximum atomic E-state index is 12.3. The molecule has 0 heterocycles. The van der Waals surface area contributed by atoms with Gasteiger partial charge in [0.1, 0.15) is 6.04 Å². The van der Waals surface area contributed by atoms with Crippen LogP contribution in [0, 0.1) is 13.8 Å². The lowest BCUT2D eigenvalue weighted by atomic mass is 10.1. The molecule has 2 rings (SSSR count). The third-order valence-corrected chi connectivity index (χ3v) is 4.53. The predicted molar refractivity (Wildman–Crippen MR) is 95.4 cm³/mol. The van der Waals surface area contributed by atoms with E-state index in [9.17, 15) is 13.2 Å². The van der Waals surface area contributed by atoms with Crippen LogP contribution in [0.25, 0.3) is 0 Å². The van der Waals surface area contributed by atoms with Crippen LogP contribution in [0.4, 0.5) is 11.4 Å². The predicted octanol–water partition coefficient (Wildman–Crippen LogP) is 2.39. The molecule has 0 aliphatic carbocycles. The average Bonchev–Trinajstić information content (AvgIpc) is 2.49. The fourth-order valence-electron chi connectivity index (χ4n) is 2.25. The summed E-state index contributed by atoms with van der Waals surface area (Å²) in [6, 6.07) is 11.2. The third kappa shape index (κ3) is 4.56. The lowest BCUT2D eigenvalue weighted by Gasteiger charge is -2.17. The van der Waals surface area contributed by atoms with E-state index in [2.05, 4.69) is 10.6 Å². The van der Waals surface area contributed by atoms with Gasteiger partial charge in [0.25, 0.3) is 0 Å². The quantitative estimate of drug-likeness (QED) is 0.773. The topological polar surface area (TPSA) is 101 Å². The Morgan fingerprint density at radius 3 is 2.25 bits per heavy atom. The van der Waals surface area contributed by atoms with E-state index in [4.69, 9.17) is 5.14 Å². The second-order valence-electron chi connectivity index (χ2n) is 5.74. The molecule has 4 N–H and O–H groups in total. The van der Waals surface area contributed by atoms with Crippen LogP contribution in [-0.2, 0) is 14.8 Å². The summed E-state index contributed by atoms with van der Waals surface area (Å²) in [5.41, 5.74) is 3.62. The molecule has 1 atom stereocenters. The van der Waals surface area contributed by atoms with Crippen LogP contribution >= 0.6 is 0 Å². The number of carbonyl (C=O) groups excluding carboxylic acids is 1. The number of benzene rings is 2. The third-order valence-electron chi connectivity index (χ3n) is 3.60. The lowest BCUT2D eigenvalue weighted by molar-refractivity contribution is -0.116. The largest absolute Gasteiger partial charge is 0.374 e. The van der Waals surface area contributed by atoms with Gasteiger partial charge in [-0.1, -0.05) is 17.7 Å². The van der Waals surface area contributed by atoms with Gasteiger partial charge in [0.05, 0.1) is 4.90 Å². The fraction of sp³-hybridized carbons (Fsp3) is 0.235. The summed E-state index contributed by atoms with van der Waals surface area (Å²) >= 11 is 0. The summed E-state index contributed by atoms with van der Waals surface area (Å²) in [5.74, 6) is -0.224. The van der Waals surface area contributed by atoms with Crippen LogP contribution in [-0.4, -0.2) is 20.4 Å². The zero-order valence-corrected chi connectivity index (χ0v) is 14.6. The Hall–Kier alpha value is -2.38. The summed E-state index contributed by atoms with van der Waals surface area (Å²) in [7, 11) is -3.74. The van der Waals surface area contributed by atoms with Gasteiger partial charge in [-0.05, 0) is 56.7 Å². The number of primary sulfonamides is 1. The molecule has 0 aliphatic heterocycles. The summed E-state index contributed by atoms with van der Waals surface area (Å²) in [5, 5.41) is 10.9. The fourth-order valence-corrected chi connectivity index (χ4v) is 2.77. The molecule has 0 spiro atoms. The zero-order chi connectivity index (χ0) is 17.9. The molecule has 0 aromatic heterocycles. The molecule has 0 radical (unpaired) electrons. The highest BCUT2D eigenvalue weighted by Gasteiger charge is 2.14. The first-order valence-electron chi connectivity index (χ1n) is 7.44. The lowest BCUT2D eigenvalue weighted by Crippen LogP contribution is -2.32. The first-order chi connectivity index (χ1) is 11.2. The SMILES string of the molecule is Cc1ccc(NC(C)C(=O)Nc2ccc(S(N)(=O)=O)cc2)c(C)c1. The number of aryl methyl sites for hydroxylation is 2. The van der Waals surface area contributed by atoms with Crippen LogP contribution in [0.3, 0.4) is 0 Å². The van der Waals surface area contributed by atoms with Crippen molar-refractivity contribution < 1.29 is 13.2 Å². The molecule has 24 heavy (non-hydrogen) atoms. The first-order valence-corrected chi connectivity index (χ1v) is 8.99. The van der Waals surface area contributed by atoms with Gasteiger partial charge in [-0.2, -0.15) is 0 Å². The second-order valence-corrected chi connectivity index (χ2v) is 7.30. The van der Waals surface area contributed by atoms with Crippen molar-refractivity contribution in [2.45, 2.75) is 31.7 Å². The van der Waals surface area contributed by atoms with Crippen LogP contribution in [0.1, 0.15) is 18.1 Å². The Balaban J connectivity index is 2.03. The molecule has 1 unspecified atom stereocenters. The molecule has 7 heteroatoms. The molecule has 128 valence electrons. The number of nitrogens with one attached hydrogen (secondary N) is 2. The van der Waals surface area contributed by atoms with E-state index < -0.39 is 16.1 Å². The first kappa shape index (κ1) is 18.0. The minimum Gasteiger partial charge on any atom is -0.374 e. The molecule has 1 amide bonds. The molecular formula is C17H21N3O3S. The van der Waals surface area contributed by atoms with Gasteiger partial charge in [-0.25, -0.2) is 13.6 Å². The van der Waals surface area contributed by atoms with Crippen LogP contribution in [0.2, 0.25) is 0 Å². The smallest absolute Gasteiger partial charge is 0.246 e. The average molecular weight is 347 g/mol. The number of amides is 1. The number of hydrogen-bond acceptors (Lipinski definition) is 4. The van der Waals surface area contributed by atoms with E-state index in [0.29, 0.717) is 5.69 Å². The van der Waals surface area contributed by atoms with Crippen molar-refractivity contribution in [1.82, 2.24) is 0 Å². The number of hydrogen-bond donors (Lipinski definition) is 3. The van der Waals surface area contributed by atoms with E-state index in [-0.39, 0.29) is 10.8 Å². The van der Waals surface area contributed by atoms with Gasteiger partial charge >= 0.3 is 0 Å². The summed E-state index contributed by atoms with van der Waals surface area (Å²) in [6.45, 7) is 5.75. The van der Waals surface area contributed by atoms with E-state index in [1.165, 1.54) is 24.3 Å². The number of anilines is 2. The summed E-state index contributed by atoms with van der Waals surface area (Å²) < 4.78 is 22.4. The number of nitrogens with two attached hydrogens (primary N) is 1. The van der Waals surface area contributed by atoms with Gasteiger partial charge in [0.15, 0.2) is 0 Å². The van der Waals surface area contributed by atoms with E-state index in [0.717, 1.165) is 16.8 Å². The van der Waals surface area contributed by atoms with Crippen molar-refractivity contribution in [2.24, 2.45) is 5.14 Å². The Kier molecular flexibility index (Phi) is 5.26. The minimum absolute atomic E-state index is 0.00181. The van der Waals surface area contributed by atoms with Gasteiger partial charge < -0.3 is 10.6 Å². The zero-order valence-electron chi connectivity index (χ0n) is 13.8. The second kappa shape index (κ2) is 7.02. The monoisotopic (exact) mass is 347 g/mol. The standard InChI is InChI=1S/C17H21N3O3S/c1-11-4-9-16(12(2)10-11)19-13(3)17(21)20-14-5-7-15(8-6-14)24(18,22)23/h4-10,13,19H,1-3H3,(H,20,21)(H2,18,22,23). The van der Waals surface area contributed by atoms with Gasteiger partial charge in [0.2, 0.25) is 15.9 Å². The summed E-state index contributed by atoms with van der Waals surface area (Å²) in [4.78, 5) is 12.3. The highest BCUT2D eigenvalue weighted by Crippen LogP contribution is 2.18. The van der Waals surface area contributed by atoms with Crippen molar-refractivity contribution in [1.29, 1.82) is 0 Å². The molecule has 0 saturated heterocycles.